The summed E-state index contributed by atoms with van der Waals surface area (Å²) in [6.45, 7) is 2.38. The van der Waals surface area contributed by atoms with Crippen LogP contribution in [0.4, 0.5) is 0 Å². The van der Waals surface area contributed by atoms with Gasteiger partial charge in [-0.05, 0) is 63.9 Å². The van der Waals surface area contributed by atoms with E-state index in [1.54, 1.807) is 0 Å². The molecule has 0 fully saturated rings. The average molecular weight is 757 g/mol. The van der Waals surface area contributed by atoms with Crippen molar-refractivity contribution in [3.63, 3.8) is 0 Å². The Kier molecular flexibility index (Phi) is 7.35. The molecule has 0 saturated heterocycles. The minimum atomic E-state index is -0.246. The Morgan fingerprint density at radius 1 is 0.542 bits per heavy atom. The molecule has 12 rings (SSSR count). The molecule has 0 N–H and O–H groups in total. The van der Waals surface area contributed by atoms with Crippen molar-refractivity contribution >= 4 is 49.7 Å². The van der Waals surface area contributed by atoms with E-state index in [2.05, 4.69) is 169 Å². The first-order valence-corrected chi connectivity index (χ1v) is 20.1. The van der Waals surface area contributed by atoms with Gasteiger partial charge >= 0.3 is 0 Å². The lowest BCUT2D eigenvalue weighted by molar-refractivity contribution is 0.496. The minimum Gasteiger partial charge on any atom is -0.456 e. The number of fused-ring (bicyclic) bond motifs is 9. The lowest BCUT2D eigenvalue weighted by atomic mass is 9.66. The molecule has 2 atom stereocenters. The number of aromatic nitrogens is 4. The van der Waals surface area contributed by atoms with Gasteiger partial charge in [-0.25, -0.2) is 15.0 Å². The molecule has 3 heterocycles. The summed E-state index contributed by atoms with van der Waals surface area (Å²) >= 11 is 0. The summed E-state index contributed by atoms with van der Waals surface area (Å²) < 4.78 is 9.05. The molecule has 7 aromatic carbocycles. The molecule has 2 aliphatic rings. The predicted octanol–water partition coefficient (Wildman–Crippen LogP) is 13.6. The summed E-state index contributed by atoms with van der Waals surface area (Å²) in [6, 6.07) is 55.1. The summed E-state index contributed by atoms with van der Waals surface area (Å²) in [6.07, 6.45) is 13.7. The smallest absolute Gasteiger partial charge is 0.166 e. The lowest BCUT2D eigenvalue weighted by Gasteiger charge is -2.37. The zero-order valence-corrected chi connectivity index (χ0v) is 32.2. The van der Waals surface area contributed by atoms with Crippen molar-refractivity contribution in [3.8, 4) is 51.0 Å². The molecule has 2 unspecified atom stereocenters. The standard InChI is InChI=1S/C54H36N4O/c1-54-31-13-12-20-40(54)27-28-44-50(54)42-32-38-18-8-9-19-39(38)33-45(42)58(44)43-29-30-47-48(41-21-10-11-22-46(41)59-47)49(43)53-56-51(36-16-6-3-7-17-36)55-52(57-53)37-25-23-35(24-26-37)34-14-4-2-5-15-34/h2-33,40H,1H3. The summed E-state index contributed by atoms with van der Waals surface area (Å²) in [5, 5.41) is 5.61. The molecule has 5 nitrogen and oxygen atoms in total. The van der Waals surface area contributed by atoms with E-state index in [1.807, 2.05) is 36.4 Å². The molecular weight excluding hydrogens is 721 g/mol. The zero-order chi connectivity index (χ0) is 39.1. The van der Waals surface area contributed by atoms with Crippen molar-refractivity contribution in [1.29, 1.82) is 0 Å². The van der Waals surface area contributed by atoms with Gasteiger partial charge in [0.05, 0.1) is 22.5 Å². The van der Waals surface area contributed by atoms with Gasteiger partial charge in [0.15, 0.2) is 17.5 Å². The zero-order valence-electron chi connectivity index (χ0n) is 32.2. The van der Waals surface area contributed by atoms with Crippen molar-refractivity contribution in [2.24, 2.45) is 5.92 Å². The fourth-order valence-corrected chi connectivity index (χ4v) is 9.43. The van der Waals surface area contributed by atoms with Gasteiger partial charge in [0.25, 0.3) is 0 Å². The Morgan fingerprint density at radius 2 is 1.17 bits per heavy atom. The van der Waals surface area contributed by atoms with E-state index in [9.17, 15) is 0 Å². The van der Waals surface area contributed by atoms with Crippen LogP contribution in [0.5, 0.6) is 0 Å². The van der Waals surface area contributed by atoms with Crippen molar-refractivity contribution in [2.75, 3.05) is 0 Å². The van der Waals surface area contributed by atoms with Crippen molar-refractivity contribution < 1.29 is 4.42 Å². The second-order valence-electron chi connectivity index (χ2n) is 15.8. The monoisotopic (exact) mass is 756 g/mol. The van der Waals surface area contributed by atoms with Gasteiger partial charge < -0.3 is 8.98 Å². The van der Waals surface area contributed by atoms with E-state index in [1.165, 1.54) is 21.7 Å². The van der Waals surface area contributed by atoms with Crippen molar-refractivity contribution in [1.82, 2.24) is 19.5 Å². The van der Waals surface area contributed by atoms with Gasteiger partial charge in [-0.1, -0.05) is 165 Å². The first kappa shape index (κ1) is 33.5. The van der Waals surface area contributed by atoms with Gasteiger partial charge in [-0.3, -0.25) is 0 Å². The summed E-state index contributed by atoms with van der Waals surface area (Å²) in [5.74, 6) is 2.02. The normalized spacial score (nSPS) is 16.9. The lowest BCUT2D eigenvalue weighted by Crippen LogP contribution is -2.31. The molecule has 0 amide bonds. The van der Waals surface area contributed by atoms with E-state index in [-0.39, 0.29) is 11.3 Å². The third-order valence-electron chi connectivity index (χ3n) is 12.3. The fourth-order valence-electron chi connectivity index (χ4n) is 9.43. The topological polar surface area (TPSA) is 56.7 Å². The predicted molar refractivity (Wildman–Crippen MR) is 241 cm³/mol. The van der Waals surface area contributed by atoms with Crippen molar-refractivity contribution in [3.05, 3.63) is 199 Å². The van der Waals surface area contributed by atoms with Gasteiger partial charge in [-0.15, -0.1) is 0 Å². The third kappa shape index (κ3) is 5.21. The largest absolute Gasteiger partial charge is 0.456 e. The van der Waals surface area contributed by atoms with Crippen LogP contribution >= 0.6 is 0 Å². The maximum atomic E-state index is 6.61. The highest BCUT2D eigenvalue weighted by Gasteiger charge is 2.40. The molecule has 0 bridgehead atoms. The number of rotatable bonds is 5. The average Bonchev–Trinajstić information content (AvgIpc) is 3.84. The Balaban J connectivity index is 1.19. The van der Waals surface area contributed by atoms with Crippen LogP contribution in [0.2, 0.25) is 0 Å². The van der Waals surface area contributed by atoms with Gasteiger partial charge in [0.1, 0.15) is 11.2 Å². The third-order valence-corrected chi connectivity index (χ3v) is 12.3. The number of nitrogens with zero attached hydrogens (tertiary/aromatic N) is 4. The number of hydrogen-bond donors (Lipinski definition) is 0. The second kappa shape index (κ2) is 12.9. The number of benzene rings is 7. The van der Waals surface area contributed by atoms with Crippen LogP contribution in [0, 0.1) is 5.92 Å². The van der Waals surface area contributed by atoms with Crippen LogP contribution in [0.1, 0.15) is 18.2 Å². The molecule has 278 valence electrons. The van der Waals surface area contributed by atoms with Crippen LogP contribution in [0.15, 0.2) is 193 Å². The van der Waals surface area contributed by atoms with E-state index in [0.717, 1.165) is 66.7 Å². The first-order chi connectivity index (χ1) is 29.1. The van der Waals surface area contributed by atoms with Crippen molar-refractivity contribution in [2.45, 2.75) is 12.3 Å². The highest BCUT2D eigenvalue weighted by Crippen LogP contribution is 2.51. The highest BCUT2D eigenvalue weighted by molar-refractivity contribution is 6.14. The molecule has 3 aromatic heterocycles. The molecule has 5 heteroatoms. The number of furan rings is 1. The van der Waals surface area contributed by atoms with Crippen LogP contribution < -0.4 is 0 Å². The molecule has 0 aliphatic heterocycles. The van der Waals surface area contributed by atoms with Crippen LogP contribution in [-0.2, 0) is 5.41 Å². The fraction of sp³-hybridized carbons (Fsp3) is 0.0556. The molecule has 0 spiro atoms. The van der Waals surface area contributed by atoms with E-state index in [0.29, 0.717) is 17.5 Å². The van der Waals surface area contributed by atoms with E-state index in [4.69, 9.17) is 19.4 Å². The van der Waals surface area contributed by atoms with Crippen LogP contribution in [-0.4, -0.2) is 19.5 Å². The number of para-hydroxylation sites is 1. The molecular formula is C54H36N4O. The van der Waals surface area contributed by atoms with Gasteiger partial charge in [-0.2, -0.15) is 0 Å². The molecule has 59 heavy (non-hydrogen) atoms. The van der Waals surface area contributed by atoms with Gasteiger partial charge in [0, 0.05) is 38.6 Å². The Morgan fingerprint density at radius 3 is 1.95 bits per heavy atom. The van der Waals surface area contributed by atoms with Gasteiger partial charge in [0.2, 0.25) is 0 Å². The molecule has 0 radical (unpaired) electrons. The van der Waals surface area contributed by atoms with Crippen LogP contribution in [0.25, 0.3) is 101 Å². The number of allylic oxidation sites excluding steroid dienone is 5. The van der Waals surface area contributed by atoms with Crippen LogP contribution in [0.3, 0.4) is 0 Å². The van der Waals surface area contributed by atoms with E-state index >= 15 is 0 Å². The Labute approximate surface area is 341 Å². The minimum absolute atomic E-state index is 0.234. The Hall–Kier alpha value is -7.63. The summed E-state index contributed by atoms with van der Waals surface area (Å²) in [4.78, 5) is 15.9. The van der Waals surface area contributed by atoms with E-state index < -0.39 is 0 Å². The maximum absolute atomic E-state index is 6.61. The second-order valence-corrected chi connectivity index (χ2v) is 15.8. The molecule has 10 aromatic rings. The molecule has 0 saturated carbocycles. The number of hydrogen-bond acceptors (Lipinski definition) is 4. The highest BCUT2D eigenvalue weighted by atomic mass is 16.3. The molecule has 2 aliphatic carbocycles. The quantitative estimate of drug-likeness (QED) is 0.175. The maximum Gasteiger partial charge on any atom is 0.166 e. The first-order valence-electron chi connectivity index (χ1n) is 20.1. The SMILES string of the molecule is CC12C=CC=CC1C=Cc1c2c2cc3ccccc3cc2n1-c1ccc2oc3ccccc3c2c1-c1nc(-c2ccccc2)nc(-c2ccc(-c3ccccc3)cc2)n1. The summed E-state index contributed by atoms with van der Waals surface area (Å²) in [7, 11) is 0. The Bertz CT molecular complexity index is 3390. The summed E-state index contributed by atoms with van der Waals surface area (Å²) in [5.41, 5.74) is 10.9.